The average Bonchev–Trinajstić information content (AvgIpc) is 2.75. The lowest BCUT2D eigenvalue weighted by molar-refractivity contribution is -0.119. The lowest BCUT2D eigenvalue weighted by Crippen LogP contribution is -2.43. The van der Waals surface area contributed by atoms with Gasteiger partial charge in [-0.3, -0.25) is 4.79 Å². The largest absolute Gasteiger partial charge is 0.349 e. The molecule has 0 saturated carbocycles. The van der Waals surface area contributed by atoms with E-state index in [1.165, 1.54) is 11.1 Å². The summed E-state index contributed by atoms with van der Waals surface area (Å²) >= 11 is 0. The highest BCUT2D eigenvalue weighted by Gasteiger charge is 2.41. The zero-order valence-corrected chi connectivity index (χ0v) is 23.4. The molecule has 1 aromatic carbocycles. The van der Waals surface area contributed by atoms with Gasteiger partial charge in [-0.05, 0) is 66.2 Å². The zero-order valence-electron chi connectivity index (χ0n) is 22.4. The minimum atomic E-state index is -1.83. The summed E-state index contributed by atoms with van der Waals surface area (Å²) in [6.07, 6.45) is 2.75. The van der Waals surface area contributed by atoms with Crippen LogP contribution in [-0.2, 0) is 4.79 Å². The van der Waals surface area contributed by atoms with Crippen LogP contribution in [0.5, 0.6) is 0 Å². The zero-order chi connectivity index (χ0) is 25.2. The van der Waals surface area contributed by atoms with Crippen LogP contribution < -0.4 is 10.2 Å². The van der Waals surface area contributed by atoms with Crippen molar-refractivity contribution in [1.82, 2.24) is 10.3 Å². The molecule has 1 unspecified atom stereocenters. The molecule has 1 aliphatic heterocycles. The number of fused-ring (bicyclic) bond motifs is 1. The van der Waals surface area contributed by atoms with Gasteiger partial charge in [0.15, 0.2) is 0 Å². The van der Waals surface area contributed by atoms with Crippen molar-refractivity contribution in [1.29, 1.82) is 0 Å². The fourth-order valence-corrected chi connectivity index (χ4v) is 11.1. The van der Waals surface area contributed by atoms with Gasteiger partial charge in [0.05, 0.1) is 6.04 Å². The van der Waals surface area contributed by atoms with Crippen molar-refractivity contribution in [2.45, 2.75) is 91.4 Å². The number of carbonyl (C=O) groups is 1. The van der Waals surface area contributed by atoms with E-state index in [0.29, 0.717) is 16.6 Å². The second kappa shape index (κ2) is 10.4. The molecule has 2 heterocycles. The van der Waals surface area contributed by atoms with Crippen molar-refractivity contribution in [2.24, 2.45) is 0 Å². The summed E-state index contributed by atoms with van der Waals surface area (Å²) in [4.78, 5) is 19.0. The van der Waals surface area contributed by atoms with Crippen molar-refractivity contribution < 1.29 is 4.79 Å². The lowest BCUT2D eigenvalue weighted by Gasteiger charge is -2.38. The van der Waals surface area contributed by atoms with E-state index in [0.717, 1.165) is 35.6 Å². The van der Waals surface area contributed by atoms with E-state index in [1.807, 2.05) is 6.20 Å². The van der Waals surface area contributed by atoms with E-state index in [4.69, 9.17) is 0 Å². The quantitative estimate of drug-likeness (QED) is 0.374. The Kier molecular flexibility index (Phi) is 7.93. The van der Waals surface area contributed by atoms with Gasteiger partial charge in [-0.1, -0.05) is 53.5 Å². The Balaban J connectivity index is 2.15. The molecule has 2 aromatic rings. The Morgan fingerprint density at radius 3 is 2.24 bits per heavy atom. The van der Waals surface area contributed by atoms with Crippen LogP contribution >= 0.6 is 0 Å². The molecule has 1 amide bonds. The molecule has 1 atom stereocenters. The highest BCUT2D eigenvalue weighted by atomic mass is 28.3. The van der Waals surface area contributed by atoms with Crippen molar-refractivity contribution in [3.8, 4) is 11.5 Å². The highest BCUT2D eigenvalue weighted by molar-refractivity contribution is 6.90. The second-order valence-corrected chi connectivity index (χ2v) is 16.3. The summed E-state index contributed by atoms with van der Waals surface area (Å²) in [6.45, 7) is 20.7. The first kappa shape index (κ1) is 26.0. The minimum Gasteiger partial charge on any atom is -0.349 e. The third-order valence-electron chi connectivity index (χ3n) is 7.60. The molecular weight excluding hydrogens is 434 g/mol. The van der Waals surface area contributed by atoms with E-state index in [9.17, 15) is 4.79 Å². The van der Waals surface area contributed by atoms with Gasteiger partial charge in [0.25, 0.3) is 0 Å². The third kappa shape index (κ3) is 4.93. The summed E-state index contributed by atoms with van der Waals surface area (Å²) in [7, 11) is -1.83. The van der Waals surface area contributed by atoms with E-state index in [2.05, 4.69) is 106 Å². The van der Waals surface area contributed by atoms with Gasteiger partial charge in [0.2, 0.25) is 5.91 Å². The number of rotatable bonds is 5. The maximum atomic E-state index is 12.0. The van der Waals surface area contributed by atoms with Crippen LogP contribution in [0.3, 0.4) is 0 Å². The van der Waals surface area contributed by atoms with Crippen molar-refractivity contribution in [2.75, 3.05) is 11.4 Å². The number of amides is 1. The monoisotopic (exact) mass is 475 g/mol. The number of hydrogen-bond donors (Lipinski definition) is 1. The van der Waals surface area contributed by atoms with Crippen LogP contribution in [0.4, 0.5) is 11.5 Å². The van der Waals surface area contributed by atoms with E-state index < -0.39 is 8.07 Å². The van der Waals surface area contributed by atoms with Crippen molar-refractivity contribution >= 4 is 25.5 Å². The molecule has 3 rings (SSSR count). The molecule has 182 valence electrons. The van der Waals surface area contributed by atoms with Gasteiger partial charge in [0, 0.05) is 36.5 Å². The molecule has 0 radical (unpaired) electrons. The van der Waals surface area contributed by atoms with Gasteiger partial charge in [0.1, 0.15) is 13.9 Å². The molecule has 0 spiro atoms. The molecular formula is C29H41N3OSi. The van der Waals surface area contributed by atoms with Crippen LogP contribution in [0.15, 0.2) is 30.5 Å². The SMILES string of the molecule is CC(=O)NC1CCN(c2ccc(C)cn2)c2ccc(C#C[Si](C(C)C)(C(C)C)C(C)C)c(C)c21. The standard InChI is InChI=1S/C29H41N3OSi/c1-19(2)34(20(3)4,21(5)6)17-15-25-11-12-27-29(23(25)8)26(31-24(9)33)14-16-32(27)28-13-10-22(7)18-30-28/h10-13,18-21,26H,14,16H2,1-9H3,(H,31,33). The maximum Gasteiger partial charge on any atom is 0.217 e. The number of aryl methyl sites for hydroxylation is 1. The van der Waals surface area contributed by atoms with Gasteiger partial charge in [-0.15, -0.1) is 5.54 Å². The van der Waals surface area contributed by atoms with E-state index >= 15 is 0 Å². The molecule has 1 aliphatic rings. The molecule has 1 aromatic heterocycles. The summed E-state index contributed by atoms with van der Waals surface area (Å²) in [5.74, 6) is 4.59. The highest BCUT2D eigenvalue weighted by Crippen LogP contribution is 2.42. The minimum absolute atomic E-state index is 0.000374. The summed E-state index contributed by atoms with van der Waals surface area (Å²) in [5, 5.41) is 3.19. The van der Waals surface area contributed by atoms with Crippen LogP contribution in [0.1, 0.15) is 83.2 Å². The number of nitrogens with zero attached hydrogens (tertiary/aromatic N) is 2. The Morgan fingerprint density at radius 1 is 1.06 bits per heavy atom. The smallest absolute Gasteiger partial charge is 0.217 e. The third-order valence-corrected chi connectivity index (χ3v) is 13.9. The number of nitrogens with one attached hydrogen (secondary N) is 1. The van der Waals surface area contributed by atoms with Crippen LogP contribution in [0, 0.1) is 25.3 Å². The summed E-state index contributed by atoms with van der Waals surface area (Å²) < 4.78 is 0. The number of carbonyl (C=O) groups excluding carboxylic acids is 1. The van der Waals surface area contributed by atoms with Crippen molar-refractivity contribution in [3.63, 3.8) is 0 Å². The van der Waals surface area contributed by atoms with Gasteiger partial charge in [-0.25, -0.2) is 4.98 Å². The molecule has 1 N–H and O–H groups in total. The Bertz CT molecular complexity index is 1070. The number of hydrogen-bond acceptors (Lipinski definition) is 3. The molecule has 5 heteroatoms. The topological polar surface area (TPSA) is 45.2 Å². The van der Waals surface area contributed by atoms with E-state index in [1.54, 1.807) is 6.92 Å². The van der Waals surface area contributed by atoms with Crippen molar-refractivity contribution in [3.05, 3.63) is 52.7 Å². The first-order chi connectivity index (χ1) is 16.0. The molecule has 34 heavy (non-hydrogen) atoms. The molecule has 0 bridgehead atoms. The lowest BCUT2D eigenvalue weighted by atomic mass is 9.89. The second-order valence-electron chi connectivity index (χ2n) is 10.7. The fourth-order valence-electron chi connectivity index (χ4n) is 5.90. The van der Waals surface area contributed by atoms with Gasteiger partial charge >= 0.3 is 0 Å². The van der Waals surface area contributed by atoms with Crippen LogP contribution in [-0.4, -0.2) is 25.5 Å². The molecule has 0 fully saturated rings. The fraction of sp³-hybridized carbons (Fsp3) is 0.517. The Hall–Kier alpha value is -2.58. The average molecular weight is 476 g/mol. The maximum absolute atomic E-state index is 12.0. The Labute approximate surface area is 207 Å². The van der Waals surface area contributed by atoms with Gasteiger partial charge in [-0.2, -0.15) is 0 Å². The predicted molar refractivity (Wildman–Crippen MR) is 146 cm³/mol. The number of anilines is 2. The Morgan fingerprint density at radius 2 is 1.71 bits per heavy atom. The predicted octanol–water partition coefficient (Wildman–Crippen LogP) is 6.99. The van der Waals surface area contributed by atoms with Crippen LogP contribution in [0.2, 0.25) is 16.6 Å². The number of aromatic nitrogens is 1. The summed E-state index contributed by atoms with van der Waals surface area (Å²) in [5.41, 5.74) is 11.3. The first-order valence-corrected chi connectivity index (χ1v) is 14.9. The first-order valence-electron chi connectivity index (χ1n) is 12.6. The van der Waals surface area contributed by atoms with E-state index in [-0.39, 0.29) is 11.9 Å². The number of pyridine rings is 1. The number of benzene rings is 1. The summed E-state index contributed by atoms with van der Waals surface area (Å²) in [6, 6.07) is 8.50. The molecule has 4 nitrogen and oxygen atoms in total. The molecule has 0 aliphatic carbocycles. The van der Waals surface area contributed by atoms with Gasteiger partial charge < -0.3 is 10.2 Å². The van der Waals surface area contributed by atoms with Crippen LogP contribution in [0.25, 0.3) is 0 Å². The normalized spacial score (nSPS) is 15.9. The molecule has 0 saturated heterocycles.